The number of benzene rings is 1. The molecule has 3 heterocycles. The largest absolute Gasteiger partial charge is 0.481 e. The van der Waals surface area contributed by atoms with Gasteiger partial charge in [-0.25, -0.2) is 4.98 Å². The molecule has 1 aliphatic rings. The van der Waals surface area contributed by atoms with Gasteiger partial charge in [-0.1, -0.05) is 64.5 Å². The van der Waals surface area contributed by atoms with E-state index in [1.807, 2.05) is 31.3 Å². The maximum atomic E-state index is 5.84. The van der Waals surface area contributed by atoms with E-state index in [2.05, 4.69) is 47.3 Å². The van der Waals surface area contributed by atoms with Crippen LogP contribution in [-0.2, 0) is 6.61 Å². The number of anilines is 1. The number of fused-ring (bicyclic) bond motifs is 3. The first-order valence-electron chi connectivity index (χ1n) is 11.7. The summed E-state index contributed by atoms with van der Waals surface area (Å²) in [6.07, 6.45) is 10.2. The number of unbranched alkanes of at least 4 members (excludes halogenated alkanes) is 5. The summed E-state index contributed by atoms with van der Waals surface area (Å²) in [5.41, 5.74) is 5.51. The van der Waals surface area contributed by atoms with Gasteiger partial charge in [0.15, 0.2) is 0 Å². The van der Waals surface area contributed by atoms with Crippen molar-refractivity contribution in [1.82, 2.24) is 9.97 Å². The molecular weight excluding hydrogens is 398 g/mol. The molecule has 0 atom stereocenters. The van der Waals surface area contributed by atoms with Gasteiger partial charge in [0.25, 0.3) is 0 Å². The van der Waals surface area contributed by atoms with Crippen LogP contribution in [0, 0.1) is 0 Å². The van der Waals surface area contributed by atoms with E-state index in [1.165, 1.54) is 38.5 Å². The van der Waals surface area contributed by atoms with Crippen molar-refractivity contribution >= 4 is 5.82 Å². The highest BCUT2D eigenvalue weighted by molar-refractivity contribution is 5.78. The molecular formula is C27H35N3O2. The van der Waals surface area contributed by atoms with Crippen LogP contribution in [0.5, 0.6) is 11.8 Å². The molecule has 0 saturated heterocycles. The van der Waals surface area contributed by atoms with Gasteiger partial charge in [-0.2, -0.15) is 4.98 Å². The minimum atomic E-state index is 0.512. The molecule has 0 bridgehead atoms. The number of rotatable bonds is 8. The van der Waals surface area contributed by atoms with Crippen LogP contribution in [0.25, 0.3) is 22.3 Å². The van der Waals surface area contributed by atoms with E-state index < -0.39 is 0 Å². The number of methoxy groups -OCH3 is 1. The van der Waals surface area contributed by atoms with E-state index in [-0.39, 0.29) is 0 Å². The monoisotopic (exact) mass is 433 g/mol. The highest BCUT2D eigenvalue weighted by Crippen LogP contribution is 2.38. The van der Waals surface area contributed by atoms with E-state index in [0.29, 0.717) is 18.4 Å². The Labute approximate surface area is 192 Å². The van der Waals surface area contributed by atoms with Gasteiger partial charge in [0, 0.05) is 24.9 Å². The second-order valence-electron chi connectivity index (χ2n) is 7.96. The quantitative estimate of drug-likeness (QED) is 0.383. The van der Waals surface area contributed by atoms with E-state index in [4.69, 9.17) is 9.47 Å². The number of hydrogen-bond donors (Lipinski definition) is 1. The fourth-order valence-electron chi connectivity index (χ4n) is 3.75. The van der Waals surface area contributed by atoms with E-state index >= 15 is 0 Å². The van der Waals surface area contributed by atoms with Gasteiger partial charge < -0.3 is 14.8 Å². The molecule has 0 saturated carbocycles. The first-order valence-corrected chi connectivity index (χ1v) is 11.7. The van der Waals surface area contributed by atoms with Gasteiger partial charge in [-0.15, -0.1) is 0 Å². The average Bonchev–Trinajstić information content (AvgIpc) is 2.86. The van der Waals surface area contributed by atoms with Gasteiger partial charge in [0.2, 0.25) is 11.8 Å². The Morgan fingerprint density at radius 2 is 1.62 bits per heavy atom. The molecule has 32 heavy (non-hydrogen) atoms. The topological polar surface area (TPSA) is 56.3 Å². The normalized spacial score (nSPS) is 11.4. The molecule has 170 valence electrons. The van der Waals surface area contributed by atoms with Crippen LogP contribution < -0.4 is 14.8 Å². The number of ether oxygens (including phenoxy) is 2. The van der Waals surface area contributed by atoms with Crippen LogP contribution in [-0.4, -0.2) is 24.1 Å². The molecule has 0 amide bonds. The number of aromatic nitrogens is 2. The summed E-state index contributed by atoms with van der Waals surface area (Å²) in [4.78, 5) is 8.63. The van der Waals surface area contributed by atoms with E-state index in [0.717, 1.165) is 33.6 Å². The molecule has 4 rings (SSSR count). The lowest BCUT2D eigenvalue weighted by molar-refractivity contribution is 0.290. The highest BCUT2D eigenvalue weighted by Gasteiger charge is 2.19. The van der Waals surface area contributed by atoms with Crippen LogP contribution in [0.3, 0.4) is 0 Å². The Morgan fingerprint density at radius 3 is 2.31 bits per heavy atom. The average molecular weight is 434 g/mol. The fraction of sp³-hybridized carbons (Fsp3) is 0.407. The summed E-state index contributed by atoms with van der Waals surface area (Å²) in [6, 6.07) is 14.3. The molecule has 0 unspecified atom stereocenters. The summed E-state index contributed by atoms with van der Waals surface area (Å²) in [6.45, 7) is 5.02. The molecule has 2 aromatic heterocycles. The Morgan fingerprint density at radius 1 is 0.906 bits per heavy atom. The standard InChI is InChI=1S/C19H17N3O2.C8H18/c1-20-17-6-5-16-15-4-3-12(9-14(15)11-24-19(16)22-17)13-7-8-21-18(10-13)23-2;1-3-5-7-8-6-4-2/h3-10H,11H2,1-2H3,(H,20,22);3-8H2,1-2H3. The van der Waals surface area contributed by atoms with Crippen molar-refractivity contribution in [2.45, 2.75) is 59.0 Å². The molecule has 0 fully saturated rings. The molecule has 0 aliphatic carbocycles. The first-order chi connectivity index (χ1) is 15.7. The predicted molar refractivity (Wildman–Crippen MR) is 132 cm³/mol. The van der Waals surface area contributed by atoms with Crippen molar-refractivity contribution in [1.29, 1.82) is 0 Å². The van der Waals surface area contributed by atoms with Crippen LogP contribution in [0.2, 0.25) is 0 Å². The van der Waals surface area contributed by atoms with Crippen molar-refractivity contribution in [3.8, 4) is 34.0 Å². The number of pyridine rings is 2. The van der Waals surface area contributed by atoms with Gasteiger partial charge in [-0.3, -0.25) is 0 Å². The molecule has 0 radical (unpaired) electrons. The minimum absolute atomic E-state index is 0.512. The van der Waals surface area contributed by atoms with Crippen molar-refractivity contribution < 1.29 is 9.47 Å². The lowest BCUT2D eigenvalue weighted by Gasteiger charge is -2.21. The lowest BCUT2D eigenvalue weighted by Crippen LogP contribution is -2.08. The first kappa shape index (κ1) is 23.6. The maximum Gasteiger partial charge on any atom is 0.223 e. The van der Waals surface area contributed by atoms with Gasteiger partial charge in [0.05, 0.1) is 7.11 Å². The van der Waals surface area contributed by atoms with Gasteiger partial charge in [-0.05, 0) is 46.5 Å². The molecule has 0 spiro atoms. The van der Waals surface area contributed by atoms with E-state index in [1.54, 1.807) is 13.3 Å². The minimum Gasteiger partial charge on any atom is -0.481 e. The smallest absolute Gasteiger partial charge is 0.223 e. The van der Waals surface area contributed by atoms with Gasteiger partial charge >= 0.3 is 0 Å². The second-order valence-corrected chi connectivity index (χ2v) is 7.96. The third-order valence-electron chi connectivity index (χ3n) is 5.61. The number of nitrogens with zero attached hydrogens (tertiary/aromatic N) is 2. The third kappa shape index (κ3) is 6.00. The number of hydrogen-bond acceptors (Lipinski definition) is 5. The molecule has 1 aliphatic heterocycles. The van der Waals surface area contributed by atoms with Crippen LogP contribution in [0.4, 0.5) is 5.82 Å². The Bertz CT molecular complexity index is 998. The molecule has 1 aromatic carbocycles. The molecule has 5 heteroatoms. The third-order valence-corrected chi connectivity index (χ3v) is 5.61. The number of nitrogens with one attached hydrogen (secondary N) is 1. The van der Waals surface area contributed by atoms with Crippen molar-refractivity contribution in [3.05, 3.63) is 54.2 Å². The molecule has 1 N–H and O–H groups in total. The van der Waals surface area contributed by atoms with Gasteiger partial charge in [0.1, 0.15) is 12.4 Å². The van der Waals surface area contributed by atoms with E-state index in [9.17, 15) is 0 Å². The Hall–Kier alpha value is -3.08. The zero-order valence-electron chi connectivity index (χ0n) is 19.8. The van der Waals surface area contributed by atoms with Crippen molar-refractivity contribution in [2.75, 3.05) is 19.5 Å². The summed E-state index contributed by atoms with van der Waals surface area (Å²) >= 11 is 0. The zero-order valence-corrected chi connectivity index (χ0v) is 19.8. The summed E-state index contributed by atoms with van der Waals surface area (Å²) in [5, 5.41) is 3.03. The summed E-state index contributed by atoms with van der Waals surface area (Å²) in [7, 11) is 3.47. The fourth-order valence-corrected chi connectivity index (χ4v) is 3.75. The zero-order chi connectivity index (χ0) is 22.8. The summed E-state index contributed by atoms with van der Waals surface area (Å²) < 4.78 is 11.0. The van der Waals surface area contributed by atoms with Crippen LogP contribution >= 0.6 is 0 Å². The van der Waals surface area contributed by atoms with Crippen LogP contribution in [0.1, 0.15) is 57.9 Å². The highest BCUT2D eigenvalue weighted by atomic mass is 16.5. The lowest BCUT2D eigenvalue weighted by atomic mass is 9.95. The molecule has 5 nitrogen and oxygen atoms in total. The SMILES string of the molecule is CCCCCCCC.CNc1ccc2c(n1)OCc1cc(-c3ccnc(OC)c3)ccc1-2. The van der Waals surface area contributed by atoms with Crippen molar-refractivity contribution in [2.24, 2.45) is 0 Å². The van der Waals surface area contributed by atoms with Crippen molar-refractivity contribution in [3.63, 3.8) is 0 Å². The maximum absolute atomic E-state index is 5.84. The van der Waals surface area contributed by atoms with Crippen LogP contribution in [0.15, 0.2) is 48.7 Å². The summed E-state index contributed by atoms with van der Waals surface area (Å²) in [5.74, 6) is 2.08. The predicted octanol–water partition coefficient (Wildman–Crippen LogP) is 7.12. The Kier molecular flexibility index (Phi) is 8.90. The second kappa shape index (κ2) is 12.1. The molecule has 3 aromatic rings. The Balaban J connectivity index is 0.000000312.